The first-order valence-electron chi connectivity index (χ1n) is 10.7. The van der Waals surface area contributed by atoms with Crippen LogP contribution in [0.1, 0.15) is 45.7 Å². The number of aliphatic imine (C=N–C) groups is 1. The van der Waals surface area contributed by atoms with E-state index in [1.165, 1.54) is 4.88 Å². The molecule has 8 nitrogen and oxygen atoms in total. The number of carbonyl (C=O) groups excluding carboxylic acids is 1. The summed E-state index contributed by atoms with van der Waals surface area (Å²) in [4.78, 5) is 19.0. The Bertz CT molecular complexity index is 1190. The Labute approximate surface area is 201 Å². The van der Waals surface area contributed by atoms with Crippen LogP contribution in [0.25, 0.3) is 5.00 Å². The molecule has 33 heavy (non-hydrogen) atoms. The summed E-state index contributed by atoms with van der Waals surface area (Å²) in [6.45, 7) is 6.99. The van der Waals surface area contributed by atoms with Crippen molar-refractivity contribution < 1.29 is 14.6 Å². The van der Waals surface area contributed by atoms with Crippen LogP contribution in [0, 0.1) is 20.8 Å². The minimum atomic E-state index is -0.505. The Kier molecular flexibility index (Phi) is 7.23. The fourth-order valence-corrected chi connectivity index (χ4v) is 5.15. The van der Waals surface area contributed by atoms with Crippen molar-refractivity contribution in [3.05, 3.63) is 62.5 Å². The molecular weight excluding hydrogens is 462 g/mol. The van der Waals surface area contributed by atoms with E-state index in [-0.39, 0.29) is 25.5 Å². The lowest BCUT2D eigenvalue weighted by Gasteiger charge is -2.13. The highest BCUT2D eigenvalue weighted by atomic mass is 35.5. The molecule has 0 saturated carbocycles. The van der Waals surface area contributed by atoms with Gasteiger partial charge in [0.1, 0.15) is 16.9 Å². The summed E-state index contributed by atoms with van der Waals surface area (Å²) in [6.07, 6.45) is 0.127. The number of benzene rings is 1. The summed E-state index contributed by atoms with van der Waals surface area (Å²) in [6, 6.07) is 7.09. The smallest absolute Gasteiger partial charge is 0.222 e. The summed E-state index contributed by atoms with van der Waals surface area (Å²) in [5.74, 6) is 1.24. The molecule has 1 aliphatic heterocycles. The molecule has 0 unspecified atom stereocenters. The number of aliphatic hydroxyl groups excluding tert-OH is 1. The van der Waals surface area contributed by atoms with Crippen LogP contribution >= 0.6 is 22.9 Å². The molecule has 4 rings (SSSR count). The van der Waals surface area contributed by atoms with Crippen molar-refractivity contribution in [3.8, 4) is 5.00 Å². The van der Waals surface area contributed by atoms with Crippen molar-refractivity contribution in [2.24, 2.45) is 4.99 Å². The maximum absolute atomic E-state index is 12.7. The number of hydrogen-bond donors (Lipinski definition) is 2. The molecule has 3 heterocycles. The predicted molar refractivity (Wildman–Crippen MR) is 129 cm³/mol. The van der Waals surface area contributed by atoms with Gasteiger partial charge in [-0.3, -0.25) is 14.4 Å². The lowest BCUT2D eigenvalue weighted by molar-refractivity contribution is -0.121. The second-order valence-corrected chi connectivity index (χ2v) is 9.43. The van der Waals surface area contributed by atoms with Crippen LogP contribution in [0.5, 0.6) is 0 Å². The highest BCUT2D eigenvalue weighted by Crippen LogP contribution is 2.39. The number of thiophene rings is 1. The molecule has 2 aromatic heterocycles. The number of aliphatic hydroxyl groups is 1. The zero-order valence-corrected chi connectivity index (χ0v) is 20.3. The van der Waals surface area contributed by atoms with Gasteiger partial charge < -0.3 is 15.2 Å². The van der Waals surface area contributed by atoms with Crippen molar-refractivity contribution in [1.29, 1.82) is 0 Å². The normalized spacial score (nSPS) is 14.9. The van der Waals surface area contributed by atoms with Crippen LogP contribution in [0.3, 0.4) is 0 Å². The van der Waals surface area contributed by atoms with Gasteiger partial charge in [-0.15, -0.1) is 21.5 Å². The number of carbonyl (C=O) groups is 1. The zero-order chi connectivity index (χ0) is 23.5. The van der Waals surface area contributed by atoms with Gasteiger partial charge in [-0.1, -0.05) is 23.7 Å². The lowest BCUT2D eigenvalue weighted by Crippen LogP contribution is -2.29. The highest BCUT2D eigenvalue weighted by Gasteiger charge is 2.32. The molecule has 1 aliphatic rings. The third-order valence-electron chi connectivity index (χ3n) is 5.54. The average Bonchev–Trinajstić information content (AvgIpc) is 3.26. The van der Waals surface area contributed by atoms with E-state index in [0.717, 1.165) is 33.2 Å². The Morgan fingerprint density at radius 3 is 2.70 bits per heavy atom. The van der Waals surface area contributed by atoms with Crippen molar-refractivity contribution >= 4 is 34.6 Å². The fraction of sp³-hybridized carbons (Fsp3) is 0.391. The number of aryl methyl sites for hydroxylation is 2. The molecule has 3 aromatic rings. The third kappa shape index (κ3) is 4.86. The first kappa shape index (κ1) is 23.6. The van der Waals surface area contributed by atoms with Gasteiger partial charge in [-0.25, -0.2) is 0 Å². The quantitative estimate of drug-likeness (QED) is 0.474. The van der Waals surface area contributed by atoms with Gasteiger partial charge in [0.25, 0.3) is 0 Å². The number of rotatable bonds is 8. The number of halogens is 1. The zero-order valence-electron chi connectivity index (χ0n) is 18.8. The summed E-state index contributed by atoms with van der Waals surface area (Å²) in [7, 11) is 0. The van der Waals surface area contributed by atoms with E-state index in [1.807, 2.05) is 35.8 Å². The van der Waals surface area contributed by atoms with Crippen LogP contribution in [-0.2, 0) is 9.53 Å². The number of nitrogens with zero attached hydrogens (tertiary/aromatic N) is 4. The van der Waals surface area contributed by atoms with Crippen LogP contribution < -0.4 is 5.32 Å². The Hall–Kier alpha value is -2.59. The number of amides is 1. The molecule has 0 spiro atoms. The van der Waals surface area contributed by atoms with Gasteiger partial charge in [-0.05, 0) is 38.5 Å². The third-order valence-corrected chi connectivity index (χ3v) is 6.98. The van der Waals surface area contributed by atoms with Crippen LogP contribution in [-0.4, -0.2) is 57.9 Å². The first-order chi connectivity index (χ1) is 15.9. The van der Waals surface area contributed by atoms with E-state index in [1.54, 1.807) is 11.3 Å². The summed E-state index contributed by atoms with van der Waals surface area (Å²) >= 11 is 7.81. The number of nitrogens with one attached hydrogen (secondary N) is 1. The number of aromatic nitrogens is 3. The number of fused-ring (bicyclic) bond motifs is 3. The predicted octanol–water partition coefficient (Wildman–Crippen LogP) is 3.31. The van der Waals surface area contributed by atoms with E-state index in [4.69, 9.17) is 26.4 Å². The minimum Gasteiger partial charge on any atom is -0.394 e. The van der Waals surface area contributed by atoms with E-state index < -0.39 is 6.04 Å². The van der Waals surface area contributed by atoms with E-state index in [9.17, 15) is 4.79 Å². The Morgan fingerprint density at radius 2 is 1.97 bits per heavy atom. The van der Waals surface area contributed by atoms with Crippen molar-refractivity contribution in [2.75, 3.05) is 26.4 Å². The molecule has 0 bridgehead atoms. The van der Waals surface area contributed by atoms with Crippen molar-refractivity contribution in [3.63, 3.8) is 0 Å². The molecule has 1 aromatic carbocycles. The Morgan fingerprint density at radius 1 is 1.21 bits per heavy atom. The SMILES string of the molecule is Cc1sc2c(c1C)C(c1ccc(Cl)cc1)=N[C@@H](CC(=O)NCCOCCO)c1nnc(C)n1-2. The monoisotopic (exact) mass is 487 g/mol. The average molecular weight is 488 g/mol. The van der Waals surface area contributed by atoms with Crippen LogP contribution in [0.15, 0.2) is 29.3 Å². The second-order valence-electron chi connectivity index (χ2n) is 7.79. The first-order valence-corrected chi connectivity index (χ1v) is 11.9. The molecule has 0 radical (unpaired) electrons. The molecule has 174 valence electrons. The number of hydrogen-bond acceptors (Lipinski definition) is 7. The molecule has 1 atom stereocenters. The van der Waals surface area contributed by atoms with Gasteiger partial charge >= 0.3 is 0 Å². The van der Waals surface area contributed by atoms with Crippen LogP contribution in [0.2, 0.25) is 5.02 Å². The summed E-state index contributed by atoms with van der Waals surface area (Å²) in [5.41, 5.74) is 3.93. The van der Waals surface area contributed by atoms with E-state index in [0.29, 0.717) is 24.0 Å². The molecular formula is C23H26ClN5O3S. The maximum atomic E-state index is 12.7. The highest BCUT2D eigenvalue weighted by molar-refractivity contribution is 7.15. The lowest BCUT2D eigenvalue weighted by atomic mass is 9.99. The van der Waals surface area contributed by atoms with Gasteiger partial charge in [0, 0.05) is 27.6 Å². The van der Waals surface area contributed by atoms with Gasteiger partial charge in [0.15, 0.2) is 5.82 Å². The second kappa shape index (κ2) is 10.1. The van der Waals surface area contributed by atoms with Gasteiger partial charge in [-0.2, -0.15) is 0 Å². The largest absolute Gasteiger partial charge is 0.394 e. The molecule has 1 amide bonds. The fourth-order valence-electron chi connectivity index (χ4n) is 3.81. The molecule has 0 fully saturated rings. The van der Waals surface area contributed by atoms with Gasteiger partial charge in [0.2, 0.25) is 5.91 Å². The standard InChI is InChI=1S/C23H26ClN5O3S/c1-13-14(2)33-23-20(13)21(16-4-6-17(24)7-5-16)26-18(22-28-27-15(3)29(22)23)12-19(31)25-8-10-32-11-9-30/h4-7,18,30H,8-12H2,1-3H3,(H,25,31)/t18-/m0/s1. The summed E-state index contributed by atoms with van der Waals surface area (Å²) in [5, 5.41) is 22.0. The minimum absolute atomic E-state index is 0.0454. The van der Waals surface area contributed by atoms with E-state index in [2.05, 4.69) is 29.4 Å². The van der Waals surface area contributed by atoms with E-state index >= 15 is 0 Å². The Balaban J connectivity index is 1.73. The summed E-state index contributed by atoms with van der Waals surface area (Å²) < 4.78 is 7.24. The maximum Gasteiger partial charge on any atom is 0.222 e. The van der Waals surface area contributed by atoms with Gasteiger partial charge in [0.05, 0.1) is 32.0 Å². The number of ether oxygens (including phenoxy) is 1. The molecule has 0 aliphatic carbocycles. The van der Waals surface area contributed by atoms with Crippen molar-refractivity contribution in [2.45, 2.75) is 33.2 Å². The molecule has 0 saturated heterocycles. The van der Waals surface area contributed by atoms with Crippen LogP contribution in [0.4, 0.5) is 0 Å². The molecule has 2 N–H and O–H groups in total. The van der Waals surface area contributed by atoms with Crippen molar-refractivity contribution in [1.82, 2.24) is 20.1 Å². The molecule has 10 heteroatoms. The topological polar surface area (TPSA) is 102 Å².